The van der Waals surface area contributed by atoms with Crippen LogP contribution in [0.3, 0.4) is 0 Å². The number of aryl methyl sites for hydroxylation is 1. The van der Waals surface area contributed by atoms with Gasteiger partial charge in [0.2, 0.25) is 11.8 Å². The van der Waals surface area contributed by atoms with Crippen LogP contribution in [0.15, 0.2) is 24.3 Å². The number of nitro groups is 1. The van der Waals surface area contributed by atoms with Gasteiger partial charge in [0, 0.05) is 42.6 Å². The Bertz CT molecular complexity index is 816. The lowest BCUT2D eigenvalue weighted by atomic mass is 10.2. The number of rotatable bonds is 6. The summed E-state index contributed by atoms with van der Waals surface area (Å²) in [7, 11) is 0. The smallest absolute Gasteiger partial charge is 0.306 e. The fourth-order valence-corrected chi connectivity index (χ4v) is 2.94. The minimum atomic E-state index is -0.882. The number of hydrogen-bond donors (Lipinski definition) is 2. The molecule has 1 unspecified atom stereocenters. The summed E-state index contributed by atoms with van der Waals surface area (Å²) in [6.07, 6.45) is 2.62. The molecule has 1 aromatic heterocycles. The van der Waals surface area contributed by atoms with Gasteiger partial charge in [0.25, 0.3) is 0 Å². The maximum Gasteiger partial charge on any atom is 0.306 e. The molecule has 3 N–H and O–H groups in total. The molecule has 0 amide bonds. The van der Waals surface area contributed by atoms with E-state index in [9.17, 15) is 14.5 Å². The molecule has 0 aliphatic carbocycles. The molecule has 1 atom stereocenters. The average molecular weight is 360 g/mol. The third kappa shape index (κ3) is 4.05. The minimum absolute atomic E-state index is 0.121. The van der Waals surface area contributed by atoms with Gasteiger partial charge in [-0.25, -0.2) is 4.98 Å². The third-order valence-corrected chi connectivity index (χ3v) is 4.22. The fourth-order valence-electron chi connectivity index (χ4n) is 2.94. The van der Waals surface area contributed by atoms with Gasteiger partial charge in [-0.3, -0.25) is 10.1 Å². The molecule has 1 aromatic carbocycles. The lowest BCUT2D eigenvalue weighted by Gasteiger charge is -2.18. The number of anilines is 3. The van der Waals surface area contributed by atoms with Gasteiger partial charge in [-0.05, 0) is 25.0 Å². The summed E-state index contributed by atoms with van der Waals surface area (Å²) in [5.74, 6) is 0.218. The third-order valence-electron chi connectivity index (χ3n) is 4.22. The largest absolute Gasteiger partial charge is 0.355 e. The Morgan fingerprint density at radius 3 is 2.88 bits per heavy atom. The number of nitrogens with one attached hydrogen (secondary N) is 1. The molecule has 3 rings (SSSR count). The molecule has 0 radical (unpaired) electrons. The van der Waals surface area contributed by atoms with Crippen LogP contribution in [0, 0.1) is 15.9 Å². The van der Waals surface area contributed by atoms with E-state index in [1.54, 1.807) is 0 Å². The topological polar surface area (TPSA) is 110 Å². The molecule has 8 nitrogen and oxygen atoms in total. The summed E-state index contributed by atoms with van der Waals surface area (Å²) in [5, 5.41) is 13.9. The molecule has 1 aliphatic heterocycles. The summed E-state index contributed by atoms with van der Waals surface area (Å²) >= 11 is 0. The minimum Gasteiger partial charge on any atom is -0.355 e. The van der Waals surface area contributed by atoms with Crippen molar-refractivity contribution in [2.75, 3.05) is 23.3 Å². The Labute approximate surface area is 150 Å². The average Bonchev–Trinajstić information content (AvgIpc) is 3.03. The van der Waals surface area contributed by atoms with Crippen LogP contribution in [0.2, 0.25) is 0 Å². The number of aromatic nitrogens is 2. The maximum atomic E-state index is 13.5. The molecule has 1 aliphatic rings. The van der Waals surface area contributed by atoms with Gasteiger partial charge in [0.15, 0.2) is 0 Å². The van der Waals surface area contributed by atoms with E-state index in [2.05, 4.69) is 27.1 Å². The van der Waals surface area contributed by atoms with Gasteiger partial charge in [0.05, 0.1) is 4.92 Å². The summed E-state index contributed by atoms with van der Waals surface area (Å²) < 4.78 is 13.5. The summed E-state index contributed by atoms with van der Waals surface area (Å²) in [4.78, 5) is 21.2. The second-order valence-electron chi connectivity index (χ2n) is 6.33. The summed E-state index contributed by atoms with van der Waals surface area (Å²) in [6.45, 7) is 3.61. The van der Waals surface area contributed by atoms with Crippen LogP contribution >= 0.6 is 0 Å². The van der Waals surface area contributed by atoms with Crippen LogP contribution in [0.25, 0.3) is 0 Å². The van der Waals surface area contributed by atoms with E-state index in [-0.39, 0.29) is 6.04 Å². The first-order valence-corrected chi connectivity index (χ1v) is 8.55. The predicted octanol–water partition coefficient (Wildman–Crippen LogP) is 2.76. The summed E-state index contributed by atoms with van der Waals surface area (Å²) in [5.41, 5.74) is 6.62. The molecule has 2 aromatic rings. The molecule has 9 heteroatoms. The van der Waals surface area contributed by atoms with Crippen molar-refractivity contribution in [2.45, 2.75) is 32.2 Å². The first-order valence-electron chi connectivity index (χ1n) is 8.55. The summed E-state index contributed by atoms with van der Waals surface area (Å²) in [6, 6.07) is 5.67. The Balaban J connectivity index is 1.90. The van der Waals surface area contributed by atoms with Crippen molar-refractivity contribution in [3.05, 3.63) is 45.9 Å². The standard InChI is InChI=1S/C17H21FN6O2/c1-2-3-12-9-16(23-7-6-11(19)10-23)22-17(20-12)21-13-4-5-14(18)15(8-13)24(25)26/h4-5,8-9,11H,2-3,6-7,10,19H2,1H3,(H,20,21,22). The van der Waals surface area contributed by atoms with Crippen LogP contribution in [0.5, 0.6) is 0 Å². The fraction of sp³-hybridized carbons (Fsp3) is 0.412. The highest BCUT2D eigenvalue weighted by Gasteiger charge is 2.22. The van der Waals surface area contributed by atoms with Crippen molar-refractivity contribution in [1.82, 2.24) is 9.97 Å². The molecular formula is C17H21FN6O2. The monoisotopic (exact) mass is 360 g/mol. The van der Waals surface area contributed by atoms with Crippen LogP contribution < -0.4 is 16.0 Å². The highest BCUT2D eigenvalue weighted by molar-refractivity contribution is 5.59. The van der Waals surface area contributed by atoms with Gasteiger partial charge >= 0.3 is 5.69 Å². The number of hydrogen-bond acceptors (Lipinski definition) is 7. The van der Waals surface area contributed by atoms with Gasteiger partial charge < -0.3 is 16.0 Å². The zero-order valence-electron chi connectivity index (χ0n) is 14.5. The first kappa shape index (κ1) is 18.0. The number of halogens is 1. The molecule has 138 valence electrons. The van der Waals surface area contributed by atoms with Crippen molar-refractivity contribution in [2.24, 2.45) is 5.73 Å². The van der Waals surface area contributed by atoms with E-state index >= 15 is 0 Å². The molecule has 26 heavy (non-hydrogen) atoms. The molecule has 0 bridgehead atoms. The zero-order valence-corrected chi connectivity index (χ0v) is 14.5. The van der Waals surface area contributed by atoms with Crippen molar-refractivity contribution in [1.29, 1.82) is 0 Å². The van der Waals surface area contributed by atoms with E-state index in [0.717, 1.165) is 56.0 Å². The van der Waals surface area contributed by atoms with Crippen LogP contribution in [-0.4, -0.2) is 34.0 Å². The molecule has 1 fully saturated rings. The molecular weight excluding hydrogens is 339 g/mol. The molecule has 0 spiro atoms. The molecule has 0 saturated carbocycles. The quantitative estimate of drug-likeness (QED) is 0.602. The van der Waals surface area contributed by atoms with E-state index < -0.39 is 16.4 Å². The second kappa shape index (κ2) is 7.61. The number of nitrogens with two attached hydrogens (primary N) is 1. The number of benzene rings is 1. The zero-order chi connectivity index (χ0) is 18.7. The number of nitrogens with zero attached hydrogens (tertiary/aromatic N) is 4. The van der Waals surface area contributed by atoms with E-state index in [0.29, 0.717) is 11.6 Å². The predicted molar refractivity (Wildman–Crippen MR) is 97.2 cm³/mol. The van der Waals surface area contributed by atoms with Crippen molar-refractivity contribution in [3.8, 4) is 0 Å². The van der Waals surface area contributed by atoms with Crippen molar-refractivity contribution < 1.29 is 9.31 Å². The Kier molecular flexibility index (Phi) is 5.27. The van der Waals surface area contributed by atoms with E-state index in [4.69, 9.17) is 5.73 Å². The second-order valence-corrected chi connectivity index (χ2v) is 6.33. The highest BCUT2D eigenvalue weighted by atomic mass is 19.1. The lowest BCUT2D eigenvalue weighted by Crippen LogP contribution is -2.27. The highest BCUT2D eigenvalue weighted by Crippen LogP contribution is 2.25. The van der Waals surface area contributed by atoms with Gasteiger partial charge in [-0.2, -0.15) is 9.37 Å². The van der Waals surface area contributed by atoms with Gasteiger partial charge in [-0.1, -0.05) is 13.3 Å². The Morgan fingerprint density at radius 2 is 2.23 bits per heavy atom. The first-order chi connectivity index (χ1) is 12.5. The maximum absolute atomic E-state index is 13.5. The normalized spacial score (nSPS) is 16.7. The van der Waals surface area contributed by atoms with Crippen LogP contribution in [0.1, 0.15) is 25.5 Å². The van der Waals surface area contributed by atoms with E-state index in [1.807, 2.05) is 6.07 Å². The Morgan fingerprint density at radius 1 is 1.42 bits per heavy atom. The number of nitro benzene ring substituents is 1. The Hall–Kier alpha value is -2.81. The molecule has 2 heterocycles. The van der Waals surface area contributed by atoms with Crippen LogP contribution in [-0.2, 0) is 6.42 Å². The van der Waals surface area contributed by atoms with E-state index in [1.165, 1.54) is 6.07 Å². The SMILES string of the molecule is CCCc1cc(N2CCC(N)C2)nc(Nc2ccc(F)c([N+](=O)[O-])c2)n1. The molecule has 1 saturated heterocycles. The lowest BCUT2D eigenvalue weighted by molar-refractivity contribution is -0.387. The van der Waals surface area contributed by atoms with Crippen molar-refractivity contribution >= 4 is 23.1 Å². The van der Waals surface area contributed by atoms with Gasteiger partial charge in [0.1, 0.15) is 5.82 Å². The van der Waals surface area contributed by atoms with Crippen molar-refractivity contribution in [3.63, 3.8) is 0 Å². The van der Waals surface area contributed by atoms with Crippen LogP contribution in [0.4, 0.5) is 27.5 Å². The van der Waals surface area contributed by atoms with Gasteiger partial charge in [-0.15, -0.1) is 0 Å².